The van der Waals surface area contributed by atoms with Crippen molar-refractivity contribution in [1.82, 2.24) is 10.6 Å². The molecular weight excluding hydrogens is 248 g/mol. The van der Waals surface area contributed by atoms with Crippen molar-refractivity contribution in [2.24, 2.45) is 0 Å². The van der Waals surface area contributed by atoms with Gasteiger partial charge in [0, 0.05) is 11.4 Å². The van der Waals surface area contributed by atoms with Crippen molar-refractivity contribution >= 4 is 40.3 Å². The number of halogens is 1. The lowest BCUT2D eigenvalue weighted by Gasteiger charge is -2.08. The molecule has 0 unspecified atom stereocenters. The van der Waals surface area contributed by atoms with Crippen LogP contribution in [0, 0.1) is 0 Å². The van der Waals surface area contributed by atoms with Gasteiger partial charge in [0.05, 0.1) is 10.9 Å². The second kappa shape index (κ2) is 7.04. The maximum absolute atomic E-state index is 5.82. The monoisotopic (exact) mass is 262 g/mol. The number of rotatable bonds is 5. The largest absolute Gasteiger partial charge is 0.363 e. The van der Waals surface area contributed by atoms with Crippen molar-refractivity contribution in [3.63, 3.8) is 0 Å². The first-order valence-corrected chi connectivity index (χ1v) is 6.58. The summed E-state index contributed by atoms with van der Waals surface area (Å²) in [5, 5.41) is 7.01. The van der Waals surface area contributed by atoms with Crippen LogP contribution in [0.3, 0.4) is 0 Å². The van der Waals surface area contributed by atoms with Crippen LogP contribution in [0.15, 0.2) is 12.1 Å². The van der Waals surface area contributed by atoms with Gasteiger partial charge >= 0.3 is 0 Å². The van der Waals surface area contributed by atoms with Gasteiger partial charge in [-0.3, -0.25) is 0 Å². The molecule has 0 aliphatic heterocycles. The maximum Gasteiger partial charge on any atom is 0.166 e. The molecule has 1 aromatic rings. The van der Waals surface area contributed by atoms with Crippen molar-refractivity contribution in [2.45, 2.75) is 26.3 Å². The van der Waals surface area contributed by atoms with Gasteiger partial charge in [0.1, 0.15) is 0 Å². The van der Waals surface area contributed by atoms with Gasteiger partial charge in [0.2, 0.25) is 0 Å². The van der Waals surface area contributed by atoms with Crippen LogP contribution in [0.1, 0.15) is 24.6 Å². The van der Waals surface area contributed by atoms with E-state index in [-0.39, 0.29) is 0 Å². The predicted molar refractivity (Wildman–Crippen MR) is 71.7 cm³/mol. The first kappa shape index (κ1) is 12.7. The molecule has 0 fully saturated rings. The standard InChI is InChI=1S/C10H15ClN2S2/c1-2-3-6-12-10(14)13-7-8-4-5-9(11)15-8/h4-5H,2-3,6-7H2,1H3,(H2,12,13,14). The number of nitrogens with one attached hydrogen (secondary N) is 2. The maximum atomic E-state index is 5.82. The number of unbranched alkanes of at least 4 members (excludes halogenated alkanes) is 1. The molecule has 0 saturated heterocycles. The third kappa shape index (κ3) is 5.35. The van der Waals surface area contributed by atoms with E-state index in [2.05, 4.69) is 17.6 Å². The highest BCUT2D eigenvalue weighted by Gasteiger charge is 1.98. The van der Waals surface area contributed by atoms with Crippen molar-refractivity contribution in [3.8, 4) is 0 Å². The second-order valence-electron chi connectivity index (χ2n) is 3.17. The molecule has 0 atom stereocenters. The first-order chi connectivity index (χ1) is 7.22. The zero-order valence-electron chi connectivity index (χ0n) is 8.68. The lowest BCUT2D eigenvalue weighted by atomic mass is 10.3. The highest BCUT2D eigenvalue weighted by molar-refractivity contribution is 7.80. The molecule has 0 radical (unpaired) electrons. The van der Waals surface area contributed by atoms with Crippen LogP contribution >= 0.6 is 35.2 Å². The summed E-state index contributed by atoms with van der Waals surface area (Å²) in [6.07, 6.45) is 2.32. The molecule has 0 aliphatic carbocycles. The average Bonchev–Trinajstić information content (AvgIpc) is 2.62. The van der Waals surface area contributed by atoms with E-state index in [0.29, 0.717) is 5.11 Å². The molecule has 0 saturated carbocycles. The lowest BCUT2D eigenvalue weighted by molar-refractivity contribution is 0.740. The van der Waals surface area contributed by atoms with Crippen molar-refractivity contribution in [2.75, 3.05) is 6.54 Å². The minimum atomic E-state index is 0.716. The van der Waals surface area contributed by atoms with E-state index in [1.165, 1.54) is 11.3 Å². The van der Waals surface area contributed by atoms with Crippen molar-refractivity contribution in [3.05, 3.63) is 21.3 Å². The van der Waals surface area contributed by atoms with E-state index >= 15 is 0 Å². The fraction of sp³-hybridized carbons (Fsp3) is 0.500. The van der Waals surface area contributed by atoms with E-state index in [9.17, 15) is 0 Å². The number of thiophene rings is 1. The Balaban J connectivity index is 2.16. The molecule has 0 bridgehead atoms. The summed E-state index contributed by atoms with van der Waals surface area (Å²) >= 11 is 12.5. The minimum absolute atomic E-state index is 0.716. The normalized spacial score (nSPS) is 10.0. The van der Waals surface area contributed by atoms with Crippen LogP contribution in [0.25, 0.3) is 0 Å². The molecule has 0 spiro atoms. The molecule has 15 heavy (non-hydrogen) atoms. The topological polar surface area (TPSA) is 24.1 Å². The Kier molecular flexibility index (Phi) is 5.98. The van der Waals surface area contributed by atoms with Crippen LogP contribution in [-0.4, -0.2) is 11.7 Å². The van der Waals surface area contributed by atoms with Gasteiger partial charge in [-0.1, -0.05) is 24.9 Å². The minimum Gasteiger partial charge on any atom is -0.363 e. The summed E-state index contributed by atoms with van der Waals surface area (Å²) in [5.41, 5.74) is 0. The van der Waals surface area contributed by atoms with E-state index in [0.717, 1.165) is 23.8 Å². The molecule has 1 aromatic heterocycles. The van der Waals surface area contributed by atoms with Gasteiger partial charge < -0.3 is 10.6 Å². The van der Waals surface area contributed by atoms with Crippen LogP contribution in [0.5, 0.6) is 0 Å². The molecule has 0 aromatic carbocycles. The van der Waals surface area contributed by atoms with Gasteiger partial charge in [-0.05, 0) is 30.8 Å². The molecular formula is C10H15ClN2S2. The third-order valence-corrected chi connectivity index (χ3v) is 3.39. The molecule has 1 rings (SSSR count). The second-order valence-corrected chi connectivity index (χ2v) is 5.38. The highest BCUT2D eigenvalue weighted by atomic mass is 35.5. The van der Waals surface area contributed by atoms with Crippen LogP contribution < -0.4 is 10.6 Å². The molecule has 84 valence electrons. The summed E-state index contributed by atoms with van der Waals surface area (Å²) in [6, 6.07) is 3.91. The van der Waals surface area contributed by atoms with E-state index in [1.54, 1.807) is 11.3 Å². The van der Waals surface area contributed by atoms with Crippen LogP contribution in [0.4, 0.5) is 0 Å². The smallest absolute Gasteiger partial charge is 0.166 e. The van der Waals surface area contributed by atoms with Crippen molar-refractivity contribution in [1.29, 1.82) is 0 Å². The summed E-state index contributed by atoms with van der Waals surface area (Å²) in [6.45, 7) is 3.84. The molecule has 2 nitrogen and oxygen atoms in total. The van der Waals surface area contributed by atoms with Crippen LogP contribution in [-0.2, 0) is 6.54 Å². The van der Waals surface area contributed by atoms with Gasteiger partial charge in [0.15, 0.2) is 5.11 Å². The molecule has 5 heteroatoms. The summed E-state index contributed by atoms with van der Waals surface area (Å²) < 4.78 is 0.816. The van der Waals surface area contributed by atoms with E-state index < -0.39 is 0 Å². The summed E-state index contributed by atoms with van der Waals surface area (Å²) in [7, 11) is 0. The Labute approximate surface area is 105 Å². The van der Waals surface area contributed by atoms with E-state index in [1.807, 2.05) is 12.1 Å². The fourth-order valence-corrected chi connectivity index (χ4v) is 2.26. The molecule has 0 amide bonds. The Hall–Kier alpha value is -0.320. The number of thiocarbonyl (C=S) groups is 1. The Morgan fingerprint density at radius 1 is 1.47 bits per heavy atom. The van der Waals surface area contributed by atoms with Gasteiger partial charge in [0.25, 0.3) is 0 Å². The highest BCUT2D eigenvalue weighted by Crippen LogP contribution is 2.20. The lowest BCUT2D eigenvalue weighted by Crippen LogP contribution is -2.35. The third-order valence-electron chi connectivity index (χ3n) is 1.87. The Morgan fingerprint density at radius 2 is 2.27 bits per heavy atom. The van der Waals surface area contributed by atoms with Gasteiger partial charge in [-0.2, -0.15) is 0 Å². The fourth-order valence-electron chi connectivity index (χ4n) is 1.06. The van der Waals surface area contributed by atoms with Gasteiger partial charge in [-0.25, -0.2) is 0 Å². The number of hydrogen-bond acceptors (Lipinski definition) is 2. The zero-order chi connectivity index (χ0) is 11.1. The van der Waals surface area contributed by atoms with Gasteiger partial charge in [-0.15, -0.1) is 11.3 Å². The molecule has 0 aliphatic rings. The number of hydrogen-bond donors (Lipinski definition) is 2. The molecule has 1 heterocycles. The SMILES string of the molecule is CCCCNC(=S)NCc1ccc(Cl)s1. The summed E-state index contributed by atoms with van der Waals surface area (Å²) in [5.74, 6) is 0. The van der Waals surface area contributed by atoms with E-state index in [4.69, 9.17) is 23.8 Å². The first-order valence-electron chi connectivity index (χ1n) is 4.98. The summed E-state index contributed by atoms with van der Waals surface area (Å²) in [4.78, 5) is 1.19. The Bertz CT molecular complexity index is 312. The molecule has 2 N–H and O–H groups in total. The van der Waals surface area contributed by atoms with Crippen molar-refractivity contribution < 1.29 is 0 Å². The Morgan fingerprint density at radius 3 is 2.87 bits per heavy atom. The van der Waals surface area contributed by atoms with Crippen LogP contribution in [0.2, 0.25) is 4.34 Å². The average molecular weight is 263 g/mol. The quantitative estimate of drug-likeness (QED) is 0.630. The zero-order valence-corrected chi connectivity index (χ0v) is 11.1. The predicted octanol–water partition coefficient (Wildman–Crippen LogP) is 3.17.